The number of carboxylic acid groups (broad SMARTS) is 1. The number of aryl methyl sites for hydroxylation is 1. The fourth-order valence-corrected chi connectivity index (χ4v) is 2.27. The third-order valence-electron chi connectivity index (χ3n) is 3.59. The molecule has 1 aromatic heterocycles. The van der Waals surface area contributed by atoms with Gasteiger partial charge in [-0.1, -0.05) is 12.1 Å². The van der Waals surface area contributed by atoms with Crippen molar-refractivity contribution in [3.8, 4) is 0 Å². The van der Waals surface area contributed by atoms with Gasteiger partial charge in [0.2, 0.25) is 0 Å². The molecule has 1 atom stereocenters. The number of carbonyl (C=O) groups is 2. The van der Waals surface area contributed by atoms with E-state index in [2.05, 4.69) is 10.3 Å². The number of aliphatic carboxylic acids is 1. The molecule has 1 amide bonds. The summed E-state index contributed by atoms with van der Waals surface area (Å²) in [5.74, 6) is -1.08. The van der Waals surface area contributed by atoms with Gasteiger partial charge in [-0.15, -0.1) is 5.10 Å². The predicted molar refractivity (Wildman–Crippen MR) is 61.9 cm³/mol. The van der Waals surface area contributed by atoms with E-state index in [0.29, 0.717) is 19.4 Å². The second-order valence-corrected chi connectivity index (χ2v) is 4.69. The maximum atomic E-state index is 12.1. The van der Waals surface area contributed by atoms with Gasteiger partial charge >= 0.3 is 5.97 Å². The Kier molecular flexibility index (Phi) is 3.06. The van der Waals surface area contributed by atoms with E-state index in [-0.39, 0.29) is 18.1 Å². The number of amides is 1. The highest BCUT2D eigenvalue weighted by Crippen LogP contribution is 2.34. The minimum Gasteiger partial charge on any atom is -0.481 e. The minimum atomic E-state index is -0.834. The molecule has 7 heteroatoms. The zero-order valence-electron chi connectivity index (χ0n) is 10.5. The summed E-state index contributed by atoms with van der Waals surface area (Å²) in [6.45, 7) is 2.54. The van der Waals surface area contributed by atoms with E-state index in [0.717, 1.165) is 0 Å². The van der Waals surface area contributed by atoms with E-state index in [1.54, 1.807) is 11.9 Å². The first-order valence-corrected chi connectivity index (χ1v) is 5.87. The Morgan fingerprint density at radius 2 is 2.28 bits per heavy atom. The van der Waals surface area contributed by atoms with Crippen LogP contribution in [0.25, 0.3) is 0 Å². The Morgan fingerprint density at radius 3 is 2.72 bits per heavy atom. The SMILES string of the molecule is CCC1(C(=O)O)CCN(C(=O)c2cn(C)nn2)C1. The molecule has 1 aliphatic rings. The topological polar surface area (TPSA) is 88.3 Å². The lowest BCUT2D eigenvalue weighted by atomic mass is 9.84. The van der Waals surface area contributed by atoms with Crippen molar-refractivity contribution in [1.29, 1.82) is 0 Å². The summed E-state index contributed by atoms with van der Waals surface area (Å²) in [7, 11) is 1.68. The molecule has 1 unspecified atom stereocenters. The van der Waals surface area contributed by atoms with Crippen molar-refractivity contribution in [2.75, 3.05) is 13.1 Å². The average Bonchev–Trinajstić information content (AvgIpc) is 2.95. The van der Waals surface area contributed by atoms with Crippen LogP contribution in [0, 0.1) is 5.41 Å². The number of carboxylic acids is 1. The molecular weight excluding hydrogens is 236 g/mol. The monoisotopic (exact) mass is 252 g/mol. The second kappa shape index (κ2) is 4.40. The third kappa shape index (κ3) is 1.96. The molecular formula is C11H16N4O3. The standard InChI is InChI=1S/C11H16N4O3/c1-3-11(10(17)18)4-5-15(7-11)9(16)8-6-14(2)13-12-8/h6H,3-5,7H2,1-2H3,(H,17,18). The normalized spacial score (nSPS) is 23.3. The predicted octanol–water partition coefficient (Wildman–Crippen LogP) is 0.142. The van der Waals surface area contributed by atoms with Gasteiger partial charge in [0.15, 0.2) is 5.69 Å². The van der Waals surface area contributed by atoms with Gasteiger partial charge < -0.3 is 10.0 Å². The van der Waals surface area contributed by atoms with E-state index in [4.69, 9.17) is 0 Å². The minimum absolute atomic E-state index is 0.244. The maximum Gasteiger partial charge on any atom is 0.311 e. The first kappa shape index (κ1) is 12.5. The molecule has 18 heavy (non-hydrogen) atoms. The molecule has 7 nitrogen and oxygen atoms in total. The van der Waals surface area contributed by atoms with Crippen molar-refractivity contribution < 1.29 is 14.7 Å². The molecule has 2 heterocycles. The molecule has 1 aromatic rings. The molecule has 98 valence electrons. The Labute approximate surface area is 104 Å². The van der Waals surface area contributed by atoms with Crippen molar-refractivity contribution >= 4 is 11.9 Å². The number of nitrogens with zero attached hydrogens (tertiary/aromatic N) is 4. The van der Waals surface area contributed by atoms with E-state index in [1.165, 1.54) is 10.9 Å². The lowest BCUT2D eigenvalue weighted by Gasteiger charge is -2.22. The summed E-state index contributed by atoms with van der Waals surface area (Å²) in [6, 6.07) is 0. The Balaban J connectivity index is 2.13. The molecule has 0 aromatic carbocycles. The van der Waals surface area contributed by atoms with Gasteiger partial charge in [0, 0.05) is 20.1 Å². The largest absolute Gasteiger partial charge is 0.481 e. The Bertz CT molecular complexity index is 484. The zero-order valence-corrected chi connectivity index (χ0v) is 10.5. The van der Waals surface area contributed by atoms with Crippen LogP contribution in [0.1, 0.15) is 30.3 Å². The number of likely N-dealkylation sites (tertiary alicyclic amines) is 1. The lowest BCUT2D eigenvalue weighted by Crippen LogP contribution is -2.36. The first-order chi connectivity index (χ1) is 8.48. The highest BCUT2D eigenvalue weighted by atomic mass is 16.4. The fraction of sp³-hybridized carbons (Fsp3) is 0.636. The van der Waals surface area contributed by atoms with Crippen molar-refractivity contribution in [2.24, 2.45) is 12.5 Å². The molecule has 1 fully saturated rings. The van der Waals surface area contributed by atoms with Gasteiger partial charge in [-0.3, -0.25) is 14.3 Å². The van der Waals surface area contributed by atoms with Gasteiger partial charge in [0.25, 0.3) is 5.91 Å². The van der Waals surface area contributed by atoms with Crippen LogP contribution in [-0.2, 0) is 11.8 Å². The first-order valence-electron chi connectivity index (χ1n) is 5.87. The average molecular weight is 252 g/mol. The highest BCUT2D eigenvalue weighted by molar-refractivity contribution is 5.92. The van der Waals surface area contributed by atoms with E-state index in [1.807, 2.05) is 6.92 Å². The van der Waals surface area contributed by atoms with Crippen LogP contribution in [-0.4, -0.2) is 50.0 Å². The number of aromatic nitrogens is 3. The summed E-state index contributed by atoms with van der Waals surface area (Å²) in [4.78, 5) is 24.9. The van der Waals surface area contributed by atoms with Gasteiger partial charge in [0.1, 0.15) is 0 Å². The summed E-state index contributed by atoms with van der Waals surface area (Å²) in [6.07, 6.45) is 2.55. The van der Waals surface area contributed by atoms with Crippen molar-refractivity contribution in [2.45, 2.75) is 19.8 Å². The van der Waals surface area contributed by atoms with Gasteiger partial charge in [-0.05, 0) is 12.8 Å². The highest BCUT2D eigenvalue weighted by Gasteiger charge is 2.45. The lowest BCUT2D eigenvalue weighted by molar-refractivity contribution is -0.148. The van der Waals surface area contributed by atoms with Gasteiger partial charge in [0.05, 0.1) is 11.6 Å². The smallest absolute Gasteiger partial charge is 0.311 e. The quantitative estimate of drug-likeness (QED) is 0.826. The summed E-state index contributed by atoms with van der Waals surface area (Å²) < 4.78 is 1.45. The molecule has 0 radical (unpaired) electrons. The van der Waals surface area contributed by atoms with Crippen LogP contribution in [0.5, 0.6) is 0 Å². The summed E-state index contributed by atoms with van der Waals surface area (Å²) in [5, 5.41) is 16.7. The molecule has 0 bridgehead atoms. The number of hydrogen-bond donors (Lipinski definition) is 1. The van der Waals surface area contributed by atoms with Gasteiger partial charge in [-0.2, -0.15) is 0 Å². The van der Waals surface area contributed by atoms with Crippen molar-refractivity contribution in [3.63, 3.8) is 0 Å². The molecule has 1 N–H and O–H groups in total. The molecule has 0 aliphatic carbocycles. The van der Waals surface area contributed by atoms with Crippen LogP contribution in [0.2, 0.25) is 0 Å². The van der Waals surface area contributed by atoms with Crippen LogP contribution < -0.4 is 0 Å². The fourth-order valence-electron chi connectivity index (χ4n) is 2.27. The Hall–Kier alpha value is -1.92. The van der Waals surface area contributed by atoms with Crippen LogP contribution in [0.4, 0.5) is 0 Å². The maximum absolute atomic E-state index is 12.1. The van der Waals surface area contributed by atoms with Crippen molar-refractivity contribution in [1.82, 2.24) is 19.9 Å². The van der Waals surface area contributed by atoms with E-state index < -0.39 is 11.4 Å². The number of hydrogen-bond acceptors (Lipinski definition) is 4. The zero-order chi connectivity index (χ0) is 13.3. The third-order valence-corrected chi connectivity index (χ3v) is 3.59. The van der Waals surface area contributed by atoms with Gasteiger partial charge in [-0.25, -0.2) is 0 Å². The van der Waals surface area contributed by atoms with Crippen LogP contribution in [0.3, 0.4) is 0 Å². The molecule has 2 rings (SSSR count). The Morgan fingerprint density at radius 1 is 1.56 bits per heavy atom. The number of carbonyl (C=O) groups excluding carboxylic acids is 1. The molecule has 1 saturated heterocycles. The number of rotatable bonds is 3. The van der Waals surface area contributed by atoms with E-state index in [9.17, 15) is 14.7 Å². The summed E-state index contributed by atoms with van der Waals surface area (Å²) in [5.41, 5.74) is -0.549. The van der Waals surface area contributed by atoms with E-state index >= 15 is 0 Å². The van der Waals surface area contributed by atoms with Crippen LogP contribution >= 0.6 is 0 Å². The molecule has 0 spiro atoms. The summed E-state index contributed by atoms with van der Waals surface area (Å²) >= 11 is 0. The van der Waals surface area contributed by atoms with Crippen molar-refractivity contribution in [3.05, 3.63) is 11.9 Å². The second-order valence-electron chi connectivity index (χ2n) is 4.69. The molecule has 1 aliphatic heterocycles. The molecule has 0 saturated carbocycles. The van der Waals surface area contributed by atoms with Crippen LogP contribution in [0.15, 0.2) is 6.20 Å².